The van der Waals surface area contributed by atoms with Crippen molar-refractivity contribution in [1.29, 1.82) is 0 Å². The maximum Gasteiger partial charge on any atom is 0.421 e. The molecule has 2 atom stereocenters. The molecule has 1 aliphatic carbocycles. The summed E-state index contributed by atoms with van der Waals surface area (Å²) in [5.74, 6) is -0.550. The van der Waals surface area contributed by atoms with Crippen molar-refractivity contribution < 1.29 is 19.1 Å². The maximum atomic E-state index is 15.2. The molecule has 3 aromatic carbocycles. The quantitative estimate of drug-likeness (QED) is 0.341. The van der Waals surface area contributed by atoms with Crippen LogP contribution in [0.4, 0.5) is 16.2 Å². The number of amides is 3. The Morgan fingerprint density at radius 3 is 2.12 bits per heavy atom. The second-order valence-corrected chi connectivity index (χ2v) is 13.5. The monoisotopic (exact) mass is 593 g/mol. The standard InChI is InChI=1S/C35H35N3O4S/c1-32(2,3)42-31(41)38-27-19-11-8-16-24(27)34(29(38)39)28(43)36-35(33(34)20-12-5-13-21-33)25-17-9-10-18-26(25)37(30(35)40)22-23-14-6-4-7-15-23/h4,6-11,14-19H,5,12-13,20-22H2,1-3H3,(H,36,43)/t34-,35-/m1/s1. The van der Waals surface area contributed by atoms with Crippen LogP contribution in [0.25, 0.3) is 0 Å². The van der Waals surface area contributed by atoms with Gasteiger partial charge in [0.25, 0.3) is 11.8 Å². The van der Waals surface area contributed by atoms with Crippen LogP contribution in [0.2, 0.25) is 0 Å². The van der Waals surface area contributed by atoms with Crippen molar-refractivity contribution in [2.45, 2.75) is 76.0 Å². The van der Waals surface area contributed by atoms with Crippen LogP contribution in [0.3, 0.4) is 0 Å². The molecule has 3 heterocycles. The average molecular weight is 594 g/mol. The number of rotatable bonds is 2. The molecular formula is C35H35N3O4S. The van der Waals surface area contributed by atoms with Crippen molar-refractivity contribution in [3.8, 4) is 0 Å². The van der Waals surface area contributed by atoms with Gasteiger partial charge in [0.1, 0.15) is 11.0 Å². The first-order valence-electron chi connectivity index (χ1n) is 15.0. The molecule has 43 heavy (non-hydrogen) atoms. The van der Waals surface area contributed by atoms with Crippen LogP contribution in [0.1, 0.15) is 69.6 Å². The number of nitrogens with zero attached hydrogens (tertiary/aromatic N) is 2. The molecule has 3 spiro atoms. The van der Waals surface area contributed by atoms with Gasteiger partial charge in [-0.2, -0.15) is 0 Å². The van der Waals surface area contributed by atoms with Crippen LogP contribution in [0.15, 0.2) is 78.9 Å². The predicted octanol–water partition coefficient (Wildman–Crippen LogP) is 6.53. The normalized spacial score (nSPS) is 25.4. The maximum absolute atomic E-state index is 15.2. The van der Waals surface area contributed by atoms with Crippen molar-refractivity contribution in [2.75, 3.05) is 9.80 Å². The summed E-state index contributed by atoms with van der Waals surface area (Å²) in [4.78, 5) is 47.3. The summed E-state index contributed by atoms with van der Waals surface area (Å²) in [6.45, 7) is 5.73. The topological polar surface area (TPSA) is 79.0 Å². The molecule has 1 saturated heterocycles. The van der Waals surface area contributed by atoms with Crippen molar-refractivity contribution in [2.24, 2.45) is 5.41 Å². The summed E-state index contributed by atoms with van der Waals surface area (Å²) in [5, 5.41) is 3.56. The number of hydrogen-bond donors (Lipinski definition) is 1. The minimum atomic E-state index is -1.41. The van der Waals surface area contributed by atoms with Crippen molar-refractivity contribution in [3.63, 3.8) is 0 Å². The van der Waals surface area contributed by atoms with E-state index in [0.29, 0.717) is 35.6 Å². The summed E-state index contributed by atoms with van der Waals surface area (Å²) in [6, 6.07) is 25.2. The fourth-order valence-electron chi connectivity index (χ4n) is 8.30. The van der Waals surface area contributed by atoms with Crippen LogP contribution < -0.4 is 15.1 Å². The average Bonchev–Trinajstić information content (AvgIpc) is 3.48. The van der Waals surface area contributed by atoms with Gasteiger partial charge in [0.2, 0.25) is 0 Å². The summed E-state index contributed by atoms with van der Waals surface area (Å²) in [6.07, 6.45) is 3.13. The van der Waals surface area contributed by atoms with E-state index in [4.69, 9.17) is 17.0 Å². The van der Waals surface area contributed by atoms with E-state index in [-0.39, 0.29) is 5.91 Å². The van der Waals surface area contributed by atoms with Gasteiger partial charge in [-0.25, -0.2) is 9.69 Å². The Labute approximate surface area is 257 Å². The highest BCUT2D eigenvalue weighted by Crippen LogP contribution is 2.70. The zero-order chi connectivity index (χ0) is 30.2. The van der Waals surface area contributed by atoms with Gasteiger partial charge >= 0.3 is 6.09 Å². The number of hydrogen-bond acceptors (Lipinski definition) is 5. The van der Waals surface area contributed by atoms with Crippen molar-refractivity contribution in [1.82, 2.24) is 5.32 Å². The number of benzene rings is 3. The number of anilines is 2. The Bertz CT molecular complexity index is 1680. The molecule has 4 aliphatic rings. The summed E-state index contributed by atoms with van der Waals surface area (Å²) in [7, 11) is 0. The molecule has 3 aliphatic heterocycles. The Hall–Kier alpha value is -4.04. The number of nitrogens with one attached hydrogen (secondary N) is 1. The molecular weight excluding hydrogens is 558 g/mol. The molecule has 220 valence electrons. The fraction of sp³-hybridized carbons (Fsp3) is 0.371. The predicted molar refractivity (Wildman–Crippen MR) is 169 cm³/mol. The lowest BCUT2D eigenvalue weighted by Gasteiger charge is -2.50. The molecule has 0 radical (unpaired) electrons. The second kappa shape index (κ2) is 9.48. The minimum Gasteiger partial charge on any atom is -0.443 e. The van der Waals surface area contributed by atoms with E-state index < -0.39 is 34.0 Å². The van der Waals surface area contributed by atoms with Gasteiger partial charge in [0.15, 0.2) is 5.54 Å². The van der Waals surface area contributed by atoms with Gasteiger partial charge in [0, 0.05) is 11.0 Å². The van der Waals surface area contributed by atoms with Gasteiger partial charge in [-0.1, -0.05) is 98.2 Å². The number of para-hydroxylation sites is 2. The lowest BCUT2D eigenvalue weighted by atomic mass is 9.49. The van der Waals surface area contributed by atoms with Crippen LogP contribution in [0, 0.1) is 5.41 Å². The van der Waals surface area contributed by atoms with E-state index in [0.717, 1.165) is 41.0 Å². The third kappa shape index (κ3) is 3.53. The molecule has 2 fully saturated rings. The smallest absolute Gasteiger partial charge is 0.421 e. The van der Waals surface area contributed by atoms with E-state index in [9.17, 15) is 4.79 Å². The number of carbonyl (C=O) groups is 3. The fourth-order valence-corrected chi connectivity index (χ4v) is 8.84. The number of ether oxygens (including phenoxy) is 1. The summed E-state index contributed by atoms with van der Waals surface area (Å²) >= 11 is 6.23. The third-order valence-electron chi connectivity index (χ3n) is 9.78. The van der Waals surface area contributed by atoms with E-state index in [1.165, 1.54) is 0 Å². The zero-order valence-electron chi connectivity index (χ0n) is 24.7. The molecule has 3 aromatic rings. The molecule has 3 amide bonds. The molecule has 0 aromatic heterocycles. The first-order chi connectivity index (χ1) is 20.6. The van der Waals surface area contributed by atoms with Gasteiger partial charge < -0.3 is 15.0 Å². The highest BCUT2D eigenvalue weighted by Gasteiger charge is 2.81. The Balaban J connectivity index is 1.47. The highest BCUT2D eigenvalue weighted by molar-refractivity contribution is 7.80. The molecule has 0 unspecified atom stereocenters. The Kier molecular flexibility index (Phi) is 6.12. The summed E-state index contributed by atoms with van der Waals surface area (Å²) < 4.78 is 5.77. The first kappa shape index (κ1) is 27.8. The van der Waals surface area contributed by atoms with Gasteiger partial charge in [-0.15, -0.1) is 0 Å². The molecule has 7 rings (SSSR count). The van der Waals surface area contributed by atoms with Crippen LogP contribution in [-0.4, -0.2) is 28.5 Å². The molecule has 0 bridgehead atoms. The van der Waals surface area contributed by atoms with Gasteiger partial charge in [-0.05, 0) is 56.9 Å². The lowest BCUT2D eigenvalue weighted by molar-refractivity contribution is -0.135. The number of imide groups is 1. The second-order valence-electron chi connectivity index (χ2n) is 13.1. The van der Waals surface area contributed by atoms with Crippen LogP contribution in [-0.2, 0) is 31.8 Å². The minimum absolute atomic E-state index is 0.111. The van der Waals surface area contributed by atoms with E-state index in [1.54, 1.807) is 26.8 Å². The lowest BCUT2D eigenvalue weighted by Crippen LogP contribution is -2.62. The van der Waals surface area contributed by atoms with Crippen LogP contribution >= 0.6 is 12.2 Å². The van der Waals surface area contributed by atoms with Crippen LogP contribution in [0.5, 0.6) is 0 Å². The van der Waals surface area contributed by atoms with E-state index in [2.05, 4.69) is 5.32 Å². The third-order valence-corrected chi connectivity index (χ3v) is 10.2. The summed E-state index contributed by atoms with van der Waals surface area (Å²) in [5.41, 5.74) is -0.661. The number of thiocarbonyl (C=S) groups is 1. The Morgan fingerprint density at radius 1 is 0.837 bits per heavy atom. The number of fused-ring (bicyclic) bond motifs is 6. The van der Waals surface area contributed by atoms with E-state index >= 15 is 9.59 Å². The molecule has 8 heteroatoms. The highest BCUT2D eigenvalue weighted by atomic mass is 32.1. The molecule has 7 nitrogen and oxygen atoms in total. The van der Waals surface area contributed by atoms with Gasteiger partial charge in [0.05, 0.1) is 22.9 Å². The zero-order valence-corrected chi connectivity index (χ0v) is 25.5. The van der Waals surface area contributed by atoms with Gasteiger partial charge in [-0.3, -0.25) is 9.59 Å². The first-order valence-corrected chi connectivity index (χ1v) is 15.4. The SMILES string of the molecule is CC(C)(C)OC(=O)N1C(=O)[C@]2(C(=S)N[C@]3(C(=O)N(Cc4ccccc4)c4ccccc43)C23CCCCC3)c2ccccc21. The number of carbonyl (C=O) groups excluding carboxylic acids is 3. The largest absolute Gasteiger partial charge is 0.443 e. The molecule has 1 N–H and O–H groups in total. The van der Waals surface area contributed by atoms with Crippen molar-refractivity contribution >= 4 is 46.5 Å². The Morgan fingerprint density at radius 2 is 1.44 bits per heavy atom. The molecule has 1 saturated carbocycles. The van der Waals surface area contributed by atoms with Crippen molar-refractivity contribution in [3.05, 3.63) is 95.6 Å². The van der Waals surface area contributed by atoms with E-state index in [1.807, 2.05) is 77.7 Å².